The number of carbonyl (C=O) groups is 1. The summed E-state index contributed by atoms with van der Waals surface area (Å²) >= 11 is 7.20. The topological polar surface area (TPSA) is 75.1 Å². The van der Waals surface area contributed by atoms with Crippen LogP contribution in [-0.2, 0) is 0 Å². The Morgan fingerprint density at radius 1 is 1.32 bits per heavy atom. The molecule has 25 heavy (non-hydrogen) atoms. The van der Waals surface area contributed by atoms with Gasteiger partial charge in [0.2, 0.25) is 0 Å². The number of carbonyl (C=O) groups excluding carboxylic acids is 1. The molecule has 0 aliphatic rings. The van der Waals surface area contributed by atoms with E-state index in [2.05, 4.69) is 15.3 Å². The summed E-state index contributed by atoms with van der Waals surface area (Å²) < 4.78 is 0. The molecule has 0 aliphatic heterocycles. The smallest absolute Gasteiger partial charge is 0.263 e. The molecular formula is C18H16ClN3O2S. The summed E-state index contributed by atoms with van der Waals surface area (Å²) in [5.41, 5.74) is 2.03. The first kappa shape index (κ1) is 17.5. The summed E-state index contributed by atoms with van der Waals surface area (Å²) in [4.78, 5) is 21.6. The van der Waals surface area contributed by atoms with Crippen molar-refractivity contribution in [3.8, 4) is 10.7 Å². The number of aryl methyl sites for hydroxylation is 1. The van der Waals surface area contributed by atoms with Crippen molar-refractivity contribution in [3.63, 3.8) is 0 Å². The van der Waals surface area contributed by atoms with Crippen LogP contribution in [0.15, 0.2) is 48.7 Å². The van der Waals surface area contributed by atoms with Crippen molar-refractivity contribution in [2.24, 2.45) is 0 Å². The van der Waals surface area contributed by atoms with Gasteiger partial charge in [0.1, 0.15) is 9.88 Å². The first-order valence-corrected chi connectivity index (χ1v) is 8.84. The zero-order valence-electron chi connectivity index (χ0n) is 13.4. The van der Waals surface area contributed by atoms with Gasteiger partial charge in [-0.1, -0.05) is 29.8 Å². The van der Waals surface area contributed by atoms with Crippen LogP contribution in [0.4, 0.5) is 0 Å². The quantitative estimate of drug-likeness (QED) is 0.716. The molecule has 7 heteroatoms. The average molecular weight is 374 g/mol. The van der Waals surface area contributed by atoms with E-state index < -0.39 is 6.10 Å². The molecule has 128 valence electrons. The number of aliphatic hydroxyl groups is 1. The van der Waals surface area contributed by atoms with Crippen molar-refractivity contribution in [2.45, 2.75) is 13.0 Å². The Morgan fingerprint density at radius 3 is 2.88 bits per heavy atom. The van der Waals surface area contributed by atoms with E-state index in [-0.39, 0.29) is 12.5 Å². The molecule has 2 aromatic heterocycles. The lowest BCUT2D eigenvalue weighted by atomic mass is 10.1. The maximum Gasteiger partial charge on any atom is 0.263 e. The molecule has 0 bridgehead atoms. The normalized spacial score (nSPS) is 12.0. The molecule has 5 nitrogen and oxygen atoms in total. The summed E-state index contributed by atoms with van der Waals surface area (Å²) in [5.74, 6) is -0.266. The van der Waals surface area contributed by atoms with Gasteiger partial charge in [-0.15, -0.1) is 11.3 Å². The van der Waals surface area contributed by atoms with Crippen molar-refractivity contribution >= 4 is 28.8 Å². The molecule has 0 fully saturated rings. The fourth-order valence-electron chi connectivity index (χ4n) is 2.31. The van der Waals surface area contributed by atoms with E-state index in [0.29, 0.717) is 26.2 Å². The third-order valence-corrected chi connectivity index (χ3v) is 4.99. The van der Waals surface area contributed by atoms with Gasteiger partial charge >= 0.3 is 0 Å². The minimum absolute atomic E-state index is 0.0927. The lowest BCUT2D eigenvalue weighted by molar-refractivity contribution is 0.0919. The third kappa shape index (κ3) is 4.22. The summed E-state index contributed by atoms with van der Waals surface area (Å²) in [6.07, 6.45) is 0.860. The first-order valence-electron chi connectivity index (χ1n) is 7.65. The summed E-state index contributed by atoms with van der Waals surface area (Å²) in [6.45, 7) is 1.88. The predicted octanol–water partition coefficient (Wildman–Crippen LogP) is 3.63. The van der Waals surface area contributed by atoms with E-state index in [1.54, 1.807) is 37.4 Å². The van der Waals surface area contributed by atoms with E-state index in [1.165, 1.54) is 11.3 Å². The Kier molecular flexibility index (Phi) is 5.43. The first-order chi connectivity index (χ1) is 12.0. The molecule has 1 aromatic carbocycles. The number of halogens is 1. The van der Waals surface area contributed by atoms with Crippen molar-refractivity contribution in [3.05, 3.63) is 69.8 Å². The van der Waals surface area contributed by atoms with Gasteiger partial charge in [0, 0.05) is 17.8 Å². The van der Waals surface area contributed by atoms with Gasteiger partial charge in [0.15, 0.2) is 0 Å². The minimum atomic E-state index is -0.828. The monoisotopic (exact) mass is 373 g/mol. The lowest BCUT2D eigenvalue weighted by Gasteiger charge is -2.12. The van der Waals surface area contributed by atoms with E-state index >= 15 is 0 Å². The second kappa shape index (κ2) is 7.74. The van der Waals surface area contributed by atoms with Crippen molar-refractivity contribution < 1.29 is 9.90 Å². The summed E-state index contributed by atoms with van der Waals surface area (Å²) in [6, 6.07) is 12.5. The van der Waals surface area contributed by atoms with Gasteiger partial charge in [-0.25, -0.2) is 4.98 Å². The highest BCUT2D eigenvalue weighted by Crippen LogP contribution is 2.26. The van der Waals surface area contributed by atoms with Gasteiger partial charge in [-0.2, -0.15) is 0 Å². The average Bonchev–Trinajstić information content (AvgIpc) is 3.02. The second-order valence-corrected chi connectivity index (χ2v) is 6.86. The number of nitrogens with one attached hydrogen (secondary N) is 1. The van der Waals surface area contributed by atoms with Gasteiger partial charge in [-0.05, 0) is 36.8 Å². The SMILES string of the molecule is Cc1nc(-c2ccccn2)sc1C(=O)NCC(O)c1cccc(Cl)c1. The molecule has 0 radical (unpaired) electrons. The molecule has 2 N–H and O–H groups in total. The molecule has 1 unspecified atom stereocenters. The molecule has 3 aromatic rings. The van der Waals surface area contributed by atoms with Crippen LogP contribution in [0.5, 0.6) is 0 Å². The van der Waals surface area contributed by atoms with Crippen molar-refractivity contribution in [1.29, 1.82) is 0 Å². The van der Waals surface area contributed by atoms with Gasteiger partial charge in [-0.3, -0.25) is 9.78 Å². The van der Waals surface area contributed by atoms with Crippen LogP contribution in [0.1, 0.15) is 27.0 Å². The summed E-state index contributed by atoms with van der Waals surface area (Å²) in [5, 5.41) is 14.2. The molecule has 0 aliphatic carbocycles. The van der Waals surface area contributed by atoms with Gasteiger partial charge in [0.05, 0.1) is 17.5 Å². The lowest BCUT2D eigenvalue weighted by Crippen LogP contribution is -2.28. The Labute approximate surface area is 154 Å². The highest BCUT2D eigenvalue weighted by atomic mass is 35.5. The maximum absolute atomic E-state index is 12.4. The molecule has 1 atom stereocenters. The molecule has 3 rings (SSSR count). The van der Waals surface area contributed by atoms with E-state index in [9.17, 15) is 9.90 Å². The third-order valence-electron chi connectivity index (χ3n) is 3.58. The highest BCUT2D eigenvalue weighted by molar-refractivity contribution is 7.17. The molecule has 0 spiro atoms. The zero-order chi connectivity index (χ0) is 17.8. The zero-order valence-corrected chi connectivity index (χ0v) is 15.0. The Bertz CT molecular complexity index is 883. The number of hydrogen-bond acceptors (Lipinski definition) is 5. The Morgan fingerprint density at radius 2 is 2.16 bits per heavy atom. The van der Waals surface area contributed by atoms with Crippen LogP contribution in [0.2, 0.25) is 5.02 Å². The number of hydrogen-bond donors (Lipinski definition) is 2. The number of nitrogens with zero attached hydrogens (tertiary/aromatic N) is 2. The fraction of sp³-hybridized carbons (Fsp3) is 0.167. The minimum Gasteiger partial charge on any atom is -0.387 e. The Balaban J connectivity index is 1.68. The van der Waals surface area contributed by atoms with Crippen LogP contribution < -0.4 is 5.32 Å². The van der Waals surface area contributed by atoms with Crippen LogP contribution >= 0.6 is 22.9 Å². The van der Waals surface area contributed by atoms with Crippen LogP contribution in [0, 0.1) is 6.92 Å². The van der Waals surface area contributed by atoms with E-state index in [1.807, 2.05) is 18.2 Å². The molecule has 0 saturated heterocycles. The second-order valence-electron chi connectivity index (χ2n) is 5.43. The molecular weight excluding hydrogens is 358 g/mol. The fourth-order valence-corrected chi connectivity index (χ4v) is 3.47. The number of rotatable bonds is 5. The maximum atomic E-state index is 12.4. The largest absolute Gasteiger partial charge is 0.387 e. The number of pyridine rings is 1. The number of aliphatic hydroxyl groups excluding tert-OH is 1. The van der Waals surface area contributed by atoms with E-state index in [0.717, 1.165) is 5.69 Å². The van der Waals surface area contributed by atoms with Crippen molar-refractivity contribution in [1.82, 2.24) is 15.3 Å². The Hall–Kier alpha value is -2.28. The number of benzene rings is 1. The van der Waals surface area contributed by atoms with E-state index in [4.69, 9.17) is 11.6 Å². The number of aromatic nitrogens is 2. The van der Waals surface area contributed by atoms with Crippen molar-refractivity contribution in [2.75, 3.05) is 6.54 Å². The number of amides is 1. The van der Waals surface area contributed by atoms with Crippen LogP contribution in [0.25, 0.3) is 10.7 Å². The van der Waals surface area contributed by atoms with Gasteiger partial charge < -0.3 is 10.4 Å². The molecule has 2 heterocycles. The summed E-state index contributed by atoms with van der Waals surface area (Å²) in [7, 11) is 0. The highest BCUT2D eigenvalue weighted by Gasteiger charge is 2.18. The predicted molar refractivity (Wildman–Crippen MR) is 98.8 cm³/mol. The number of thiazole rings is 1. The van der Waals surface area contributed by atoms with Gasteiger partial charge in [0.25, 0.3) is 5.91 Å². The standard InChI is InChI=1S/C18H16ClN3O2S/c1-11-16(25-18(22-11)14-7-2-3-8-20-14)17(24)21-10-15(23)12-5-4-6-13(19)9-12/h2-9,15,23H,10H2,1H3,(H,21,24). The van der Waals surface area contributed by atoms with Crippen LogP contribution in [0.3, 0.4) is 0 Å². The molecule has 1 amide bonds. The molecule has 0 saturated carbocycles. The van der Waals surface area contributed by atoms with Crippen LogP contribution in [-0.4, -0.2) is 27.5 Å².